The molecule has 0 saturated carbocycles. The lowest BCUT2D eigenvalue weighted by molar-refractivity contribution is 0.102. The Morgan fingerprint density at radius 1 is 1.50 bits per heavy atom. The second-order valence-corrected chi connectivity index (χ2v) is 7.16. The zero-order valence-corrected chi connectivity index (χ0v) is 15.6. The summed E-state index contributed by atoms with van der Waals surface area (Å²) in [7, 11) is 0. The maximum absolute atomic E-state index is 5.71. The zero-order chi connectivity index (χ0) is 17.3. The van der Waals surface area contributed by atoms with Crippen LogP contribution in [0.4, 0.5) is 0 Å². The molecule has 1 fully saturated rings. The molecule has 7 heteroatoms. The molecule has 1 N–H and O–H groups in total. The molecule has 2 aromatic heterocycles. The molecule has 0 radical (unpaired) electrons. The van der Waals surface area contributed by atoms with E-state index in [0.29, 0.717) is 10.7 Å². The highest BCUT2D eigenvalue weighted by atomic mass is 32.1. The monoisotopic (exact) mass is 347 g/mol. The van der Waals surface area contributed by atoms with Crippen LogP contribution in [0.2, 0.25) is 0 Å². The summed E-state index contributed by atoms with van der Waals surface area (Å²) in [6.45, 7) is 10.5. The topological polar surface area (TPSA) is 60.1 Å². The molecule has 24 heavy (non-hydrogen) atoms. The van der Waals surface area contributed by atoms with Gasteiger partial charge < -0.3 is 9.30 Å². The lowest BCUT2D eigenvalue weighted by Gasteiger charge is -2.11. The van der Waals surface area contributed by atoms with Crippen LogP contribution in [-0.2, 0) is 11.3 Å². The van der Waals surface area contributed by atoms with Crippen molar-refractivity contribution in [1.82, 2.24) is 19.4 Å². The van der Waals surface area contributed by atoms with Gasteiger partial charge in [-0.3, -0.25) is 5.10 Å². The number of H-pyrrole nitrogens is 1. The molecule has 0 aromatic carbocycles. The standard InChI is InChI=1S/C17H25N5OS/c1-11(2)10-21-12(3)8-14(13(21)4)9-18-22-16(19-20-17(22)24)15-6-5-7-23-15/h8-9,11,15H,5-7,10H2,1-4H3,(H,20,24)/b18-9-/t15-/m0/s1. The average Bonchev–Trinajstić information content (AvgIpc) is 3.22. The molecule has 0 spiro atoms. The normalized spacial score (nSPS) is 18.3. The summed E-state index contributed by atoms with van der Waals surface area (Å²) in [4.78, 5) is 0. The van der Waals surface area contributed by atoms with Gasteiger partial charge in [-0.15, -0.1) is 0 Å². The van der Waals surface area contributed by atoms with Crippen LogP contribution in [0.5, 0.6) is 0 Å². The van der Waals surface area contributed by atoms with E-state index in [1.54, 1.807) is 4.68 Å². The van der Waals surface area contributed by atoms with Gasteiger partial charge in [0.1, 0.15) is 6.10 Å². The van der Waals surface area contributed by atoms with Crippen molar-refractivity contribution in [3.8, 4) is 0 Å². The van der Waals surface area contributed by atoms with E-state index in [4.69, 9.17) is 17.0 Å². The average molecular weight is 347 g/mol. The molecule has 0 unspecified atom stereocenters. The van der Waals surface area contributed by atoms with E-state index >= 15 is 0 Å². The minimum atomic E-state index is -0.0246. The second kappa shape index (κ2) is 7.03. The molecule has 1 aliphatic heterocycles. The first-order chi connectivity index (χ1) is 11.5. The molecule has 0 aliphatic carbocycles. The Bertz CT molecular complexity index is 792. The highest BCUT2D eigenvalue weighted by Crippen LogP contribution is 2.27. The minimum Gasteiger partial charge on any atom is -0.370 e. The molecule has 3 rings (SSSR count). The third-order valence-electron chi connectivity index (χ3n) is 4.37. The number of nitrogens with zero attached hydrogens (tertiary/aromatic N) is 4. The fourth-order valence-corrected chi connectivity index (χ4v) is 3.32. The second-order valence-electron chi connectivity index (χ2n) is 6.78. The maximum atomic E-state index is 5.71. The summed E-state index contributed by atoms with van der Waals surface area (Å²) in [6, 6.07) is 2.16. The van der Waals surface area contributed by atoms with Gasteiger partial charge in [0.2, 0.25) is 4.77 Å². The van der Waals surface area contributed by atoms with Gasteiger partial charge >= 0.3 is 0 Å². The molecule has 0 amide bonds. The Hall–Kier alpha value is -1.73. The maximum Gasteiger partial charge on any atom is 0.216 e. The van der Waals surface area contributed by atoms with Crippen molar-refractivity contribution in [2.45, 2.75) is 53.2 Å². The van der Waals surface area contributed by atoms with Crippen LogP contribution < -0.4 is 0 Å². The predicted molar refractivity (Wildman–Crippen MR) is 97.1 cm³/mol. The van der Waals surface area contributed by atoms with E-state index in [2.05, 4.69) is 53.6 Å². The number of nitrogens with one attached hydrogen (secondary N) is 1. The first-order valence-electron chi connectivity index (χ1n) is 8.47. The molecule has 2 aromatic rings. The molecule has 0 bridgehead atoms. The molecular formula is C17H25N5OS. The summed E-state index contributed by atoms with van der Waals surface area (Å²) in [5.74, 6) is 1.36. The number of rotatable bonds is 5. The van der Waals surface area contributed by atoms with Crippen molar-refractivity contribution in [3.05, 3.63) is 33.6 Å². The fourth-order valence-electron chi connectivity index (χ4n) is 3.13. The number of ether oxygens (including phenoxy) is 1. The highest BCUT2D eigenvalue weighted by Gasteiger charge is 2.23. The Morgan fingerprint density at radius 2 is 2.29 bits per heavy atom. The molecule has 1 saturated heterocycles. The molecular weight excluding hydrogens is 322 g/mol. The van der Waals surface area contributed by atoms with Crippen LogP contribution in [0, 0.1) is 24.5 Å². The van der Waals surface area contributed by atoms with Crippen molar-refractivity contribution in [2.75, 3.05) is 6.61 Å². The third kappa shape index (κ3) is 3.37. The summed E-state index contributed by atoms with van der Waals surface area (Å²) < 4.78 is 10.2. The number of aromatic amines is 1. The van der Waals surface area contributed by atoms with Gasteiger partial charge in [-0.25, -0.2) is 0 Å². The number of hydrogen-bond donors (Lipinski definition) is 1. The van der Waals surface area contributed by atoms with Gasteiger partial charge in [0.25, 0.3) is 0 Å². The first kappa shape index (κ1) is 17.1. The molecule has 3 heterocycles. The van der Waals surface area contributed by atoms with Crippen molar-refractivity contribution >= 4 is 18.4 Å². The van der Waals surface area contributed by atoms with Gasteiger partial charge in [-0.2, -0.15) is 14.9 Å². The molecule has 1 atom stereocenters. The predicted octanol–water partition coefficient (Wildman–Crippen LogP) is 3.75. The Labute approximate surface area is 147 Å². The van der Waals surface area contributed by atoms with Crippen LogP contribution in [0.25, 0.3) is 0 Å². The van der Waals surface area contributed by atoms with Crippen molar-refractivity contribution in [3.63, 3.8) is 0 Å². The van der Waals surface area contributed by atoms with E-state index < -0.39 is 0 Å². The fraction of sp³-hybridized carbons (Fsp3) is 0.588. The van der Waals surface area contributed by atoms with Gasteiger partial charge in [0, 0.05) is 30.1 Å². The lowest BCUT2D eigenvalue weighted by atomic mass is 10.2. The Morgan fingerprint density at radius 3 is 2.96 bits per heavy atom. The van der Waals surface area contributed by atoms with E-state index in [9.17, 15) is 0 Å². The number of aryl methyl sites for hydroxylation is 1. The minimum absolute atomic E-state index is 0.0246. The first-order valence-corrected chi connectivity index (χ1v) is 8.88. The molecule has 6 nitrogen and oxygen atoms in total. The van der Waals surface area contributed by atoms with Crippen molar-refractivity contribution in [2.24, 2.45) is 11.0 Å². The van der Waals surface area contributed by atoms with Crippen molar-refractivity contribution < 1.29 is 4.74 Å². The summed E-state index contributed by atoms with van der Waals surface area (Å²) >= 11 is 5.31. The van der Waals surface area contributed by atoms with E-state index in [-0.39, 0.29) is 6.10 Å². The SMILES string of the molecule is Cc1cc(/C=N\n2c([C@@H]3CCCO3)n[nH]c2=S)c(C)n1CC(C)C. The largest absolute Gasteiger partial charge is 0.370 e. The van der Waals surface area contributed by atoms with Crippen LogP contribution in [0.15, 0.2) is 11.2 Å². The third-order valence-corrected chi connectivity index (χ3v) is 4.63. The van der Waals surface area contributed by atoms with E-state index in [1.807, 2.05) is 6.21 Å². The quantitative estimate of drug-likeness (QED) is 0.662. The van der Waals surface area contributed by atoms with E-state index in [0.717, 1.165) is 37.4 Å². The molecule has 130 valence electrons. The highest BCUT2D eigenvalue weighted by molar-refractivity contribution is 7.71. The van der Waals surface area contributed by atoms with E-state index in [1.165, 1.54) is 11.4 Å². The van der Waals surface area contributed by atoms with Crippen LogP contribution in [0.1, 0.15) is 55.6 Å². The zero-order valence-electron chi connectivity index (χ0n) is 14.7. The van der Waals surface area contributed by atoms with Crippen molar-refractivity contribution in [1.29, 1.82) is 0 Å². The summed E-state index contributed by atoms with van der Waals surface area (Å²) in [5, 5.41) is 11.7. The number of hydrogen-bond acceptors (Lipinski definition) is 4. The Balaban J connectivity index is 1.89. The van der Waals surface area contributed by atoms with Gasteiger partial charge in [-0.05, 0) is 50.9 Å². The van der Waals surface area contributed by atoms with Gasteiger partial charge in [0.15, 0.2) is 5.82 Å². The Kier molecular flexibility index (Phi) is 5.01. The summed E-state index contributed by atoms with van der Waals surface area (Å²) in [6.07, 6.45) is 3.84. The summed E-state index contributed by atoms with van der Waals surface area (Å²) in [5.41, 5.74) is 3.57. The molecule has 1 aliphatic rings. The van der Waals surface area contributed by atoms with Gasteiger partial charge in [0.05, 0.1) is 6.21 Å². The number of aromatic nitrogens is 4. The smallest absolute Gasteiger partial charge is 0.216 e. The lowest BCUT2D eigenvalue weighted by Crippen LogP contribution is -2.08. The van der Waals surface area contributed by atoms with Crippen LogP contribution in [0.3, 0.4) is 0 Å². The van der Waals surface area contributed by atoms with Crippen LogP contribution in [-0.4, -0.2) is 32.3 Å². The van der Waals surface area contributed by atoms with Gasteiger partial charge in [-0.1, -0.05) is 13.8 Å². The van der Waals surface area contributed by atoms with Crippen LogP contribution >= 0.6 is 12.2 Å².